The highest BCUT2D eigenvalue weighted by Crippen LogP contribution is 2.25. The fourth-order valence-corrected chi connectivity index (χ4v) is 2.91. The summed E-state index contributed by atoms with van der Waals surface area (Å²) in [5, 5.41) is 14.2. The molecule has 0 aliphatic heterocycles. The molecule has 27 heavy (non-hydrogen) atoms. The van der Waals surface area contributed by atoms with Crippen molar-refractivity contribution in [3.8, 4) is 17.2 Å². The standard InChI is InChI=1S/C21H28ClNO4/c1-21(2,12-15-5-7-18(25-3)8-6-15)23-13-17(24)14-27-20-10-16(22)9-19(11-20)26-4/h5-11,17,23-24H,12-14H2,1-4H3. The number of hydrogen-bond donors (Lipinski definition) is 2. The van der Waals surface area contributed by atoms with Gasteiger partial charge < -0.3 is 24.6 Å². The first kappa shape index (κ1) is 21.4. The smallest absolute Gasteiger partial charge is 0.124 e. The Balaban J connectivity index is 1.81. The van der Waals surface area contributed by atoms with Crippen molar-refractivity contribution >= 4 is 11.6 Å². The molecule has 0 amide bonds. The van der Waals surface area contributed by atoms with Crippen molar-refractivity contribution in [2.45, 2.75) is 31.9 Å². The second-order valence-corrected chi connectivity index (χ2v) is 7.52. The first-order valence-corrected chi connectivity index (χ1v) is 9.22. The van der Waals surface area contributed by atoms with Crippen LogP contribution in [0.3, 0.4) is 0 Å². The second-order valence-electron chi connectivity index (χ2n) is 7.08. The monoisotopic (exact) mass is 393 g/mol. The van der Waals surface area contributed by atoms with E-state index in [1.807, 2.05) is 24.3 Å². The van der Waals surface area contributed by atoms with Gasteiger partial charge in [-0.05, 0) is 50.1 Å². The number of β-amino-alcohol motifs (C(OH)–C–C–N with tert-alkyl or cyclic N) is 1. The Labute approximate surface area is 166 Å². The lowest BCUT2D eigenvalue weighted by atomic mass is 9.94. The first-order valence-electron chi connectivity index (χ1n) is 8.85. The largest absolute Gasteiger partial charge is 0.497 e. The Morgan fingerprint density at radius 2 is 1.63 bits per heavy atom. The predicted octanol–water partition coefficient (Wildman–Crippen LogP) is 3.71. The average Bonchev–Trinajstić information content (AvgIpc) is 2.64. The zero-order chi connectivity index (χ0) is 19.9. The number of aliphatic hydroxyl groups is 1. The van der Waals surface area contributed by atoms with Crippen LogP contribution in [0.1, 0.15) is 19.4 Å². The van der Waals surface area contributed by atoms with Crippen LogP contribution in [0, 0.1) is 0 Å². The molecule has 5 nitrogen and oxygen atoms in total. The van der Waals surface area contributed by atoms with E-state index in [-0.39, 0.29) is 12.1 Å². The molecular weight excluding hydrogens is 366 g/mol. The van der Waals surface area contributed by atoms with Crippen LogP contribution in [0.5, 0.6) is 17.2 Å². The number of methoxy groups -OCH3 is 2. The van der Waals surface area contributed by atoms with Crippen LogP contribution in [0.4, 0.5) is 0 Å². The molecule has 0 heterocycles. The molecule has 2 rings (SSSR count). The lowest BCUT2D eigenvalue weighted by molar-refractivity contribution is 0.0987. The average molecular weight is 394 g/mol. The van der Waals surface area contributed by atoms with Crippen molar-refractivity contribution < 1.29 is 19.3 Å². The van der Waals surface area contributed by atoms with Gasteiger partial charge in [0.05, 0.1) is 14.2 Å². The van der Waals surface area contributed by atoms with Crippen molar-refractivity contribution in [1.29, 1.82) is 0 Å². The van der Waals surface area contributed by atoms with Crippen molar-refractivity contribution in [1.82, 2.24) is 5.32 Å². The second kappa shape index (κ2) is 9.83. The highest BCUT2D eigenvalue weighted by atomic mass is 35.5. The molecule has 1 atom stereocenters. The SMILES string of the molecule is COc1ccc(CC(C)(C)NCC(O)COc2cc(Cl)cc(OC)c2)cc1. The molecule has 1 unspecified atom stereocenters. The Kier molecular flexibility index (Phi) is 7.78. The molecule has 0 saturated carbocycles. The van der Waals surface area contributed by atoms with Gasteiger partial charge in [-0.15, -0.1) is 0 Å². The Morgan fingerprint density at radius 1 is 1.00 bits per heavy atom. The minimum Gasteiger partial charge on any atom is -0.497 e. The number of nitrogens with one attached hydrogen (secondary N) is 1. The third kappa shape index (κ3) is 7.29. The van der Waals surface area contributed by atoms with E-state index in [0.717, 1.165) is 12.2 Å². The number of benzene rings is 2. The molecule has 0 fully saturated rings. The van der Waals surface area contributed by atoms with E-state index in [1.165, 1.54) is 5.56 Å². The summed E-state index contributed by atoms with van der Waals surface area (Å²) in [6.07, 6.45) is 0.181. The minimum atomic E-state index is -0.648. The van der Waals surface area contributed by atoms with E-state index < -0.39 is 6.10 Å². The van der Waals surface area contributed by atoms with Gasteiger partial charge >= 0.3 is 0 Å². The van der Waals surface area contributed by atoms with Gasteiger partial charge in [0, 0.05) is 23.2 Å². The summed E-state index contributed by atoms with van der Waals surface area (Å²) in [6.45, 7) is 4.79. The molecule has 0 aliphatic rings. The number of hydrogen-bond acceptors (Lipinski definition) is 5. The summed E-state index contributed by atoms with van der Waals surface area (Å²) in [6, 6.07) is 13.1. The predicted molar refractivity (Wildman–Crippen MR) is 108 cm³/mol. The summed E-state index contributed by atoms with van der Waals surface area (Å²) in [5.41, 5.74) is 1.03. The van der Waals surface area contributed by atoms with E-state index in [1.54, 1.807) is 32.4 Å². The van der Waals surface area contributed by atoms with Gasteiger partial charge in [0.15, 0.2) is 0 Å². The third-order valence-electron chi connectivity index (χ3n) is 4.14. The first-order chi connectivity index (χ1) is 12.8. The van der Waals surface area contributed by atoms with Gasteiger partial charge in [-0.3, -0.25) is 0 Å². The molecule has 0 bridgehead atoms. The normalized spacial score (nSPS) is 12.5. The molecular formula is C21H28ClNO4. The maximum absolute atomic E-state index is 10.2. The van der Waals surface area contributed by atoms with Gasteiger partial charge in [-0.2, -0.15) is 0 Å². The molecule has 2 aromatic carbocycles. The van der Waals surface area contributed by atoms with Gasteiger partial charge in [0.25, 0.3) is 0 Å². The highest BCUT2D eigenvalue weighted by molar-refractivity contribution is 6.30. The lowest BCUT2D eigenvalue weighted by Crippen LogP contribution is -2.46. The van der Waals surface area contributed by atoms with Crippen LogP contribution in [-0.4, -0.2) is 44.1 Å². The molecule has 0 aliphatic carbocycles. The van der Waals surface area contributed by atoms with Gasteiger partial charge in [-0.1, -0.05) is 23.7 Å². The van der Waals surface area contributed by atoms with E-state index in [0.29, 0.717) is 23.1 Å². The van der Waals surface area contributed by atoms with Gasteiger partial charge in [0.1, 0.15) is 30.0 Å². The molecule has 0 saturated heterocycles. The third-order valence-corrected chi connectivity index (χ3v) is 4.36. The fraction of sp³-hybridized carbons (Fsp3) is 0.429. The number of ether oxygens (including phenoxy) is 3. The molecule has 2 N–H and O–H groups in total. The summed E-state index contributed by atoms with van der Waals surface area (Å²) in [4.78, 5) is 0. The van der Waals surface area contributed by atoms with Gasteiger partial charge in [-0.25, -0.2) is 0 Å². The van der Waals surface area contributed by atoms with Crippen LogP contribution >= 0.6 is 11.6 Å². The van der Waals surface area contributed by atoms with E-state index >= 15 is 0 Å². The van der Waals surface area contributed by atoms with Crippen LogP contribution in [-0.2, 0) is 6.42 Å². The van der Waals surface area contributed by atoms with Crippen LogP contribution < -0.4 is 19.5 Å². The summed E-state index contributed by atoms with van der Waals surface area (Å²) < 4.78 is 16.0. The van der Waals surface area contributed by atoms with Crippen LogP contribution in [0.15, 0.2) is 42.5 Å². The maximum atomic E-state index is 10.2. The number of halogens is 1. The fourth-order valence-electron chi connectivity index (χ4n) is 2.70. The highest BCUT2D eigenvalue weighted by Gasteiger charge is 2.19. The number of aliphatic hydroxyl groups excluding tert-OH is 1. The van der Waals surface area contributed by atoms with E-state index in [4.69, 9.17) is 25.8 Å². The molecule has 0 aromatic heterocycles. The zero-order valence-corrected chi connectivity index (χ0v) is 17.0. The topological polar surface area (TPSA) is 60.0 Å². The van der Waals surface area contributed by atoms with E-state index in [2.05, 4.69) is 19.2 Å². The van der Waals surface area contributed by atoms with Crippen molar-refractivity contribution in [2.75, 3.05) is 27.4 Å². The molecule has 2 aromatic rings. The Morgan fingerprint density at radius 3 is 2.26 bits per heavy atom. The summed E-state index contributed by atoms with van der Waals surface area (Å²) in [5.74, 6) is 2.02. The molecule has 0 radical (unpaired) electrons. The number of rotatable bonds is 10. The Bertz CT molecular complexity index is 719. The van der Waals surface area contributed by atoms with Crippen molar-refractivity contribution in [2.24, 2.45) is 0 Å². The Hall–Kier alpha value is -1.95. The van der Waals surface area contributed by atoms with Crippen molar-refractivity contribution in [3.63, 3.8) is 0 Å². The quantitative estimate of drug-likeness (QED) is 0.644. The molecule has 6 heteroatoms. The van der Waals surface area contributed by atoms with Crippen LogP contribution in [0.2, 0.25) is 5.02 Å². The lowest BCUT2D eigenvalue weighted by Gasteiger charge is -2.28. The minimum absolute atomic E-state index is 0.162. The summed E-state index contributed by atoms with van der Waals surface area (Å²) in [7, 11) is 3.22. The molecule has 148 valence electrons. The van der Waals surface area contributed by atoms with Crippen molar-refractivity contribution in [3.05, 3.63) is 53.1 Å². The molecule has 0 spiro atoms. The maximum Gasteiger partial charge on any atom is 0.124 e. The van der Waals surface area contributed by atoms with E-state index in [9.17, 15) is 5.11 Å². The summed E-state index contributed by atoms with van der Waals surface area (Å²) >= 11 is 6.02. The van der Waals surface area contributed by atoms with Crippen LogP contribution in [0.25, 0.3) is 0 Å². The van der Waals surface area contributed by atoms with Gasteiger partial charge in [0.2, 0.25) is 0 Å². The zero-order valence-electron chi connectivity index (χ0n) is 16.3.